The van der Waals surface area contributed by atoms with Crippen LogP contribution in [0.15, 0.2) is 24.3 Å². The molecule has 1 aliphatic heterocycles. The zero-order chi connectivity index (χ0) is 15.7. The van der Waals surface area contributed by atoms with E-state index in [9.17, 15) is 9.90 Å². The number of ether oxygens (including phenoxy) is 1. The van der Waals surface area contributed by atoms with E-state index in [2.05, 4.69) is 0 Å². The summed E-state index contributed by atoms with van der Waals surface area (Å²) in [5, 5.41) is 10.4. The summed E-state index contributed by atoms with van der Waals surface area (Å²) >= 11 is 0. The number of amides is 1. The summed E-state index contributed by atoms with van der Waals surface area (Å²) in [4.78, 5) is 14.3. The van der Waals surface area contributed by atoms with Crippen LogP contribution in [0, 0.1) is 11.8 Å². The molecule has 1 aromatic rings. The maximum absolute atomic E-state index is 12.4. The van der Waals surface area contributed by atoms with Crippen LogP contribution in [0.5, 0.6) is 5.75 Å². The lowest BCUT2D eigenvalue weighted by Crippen LogP contribution is -2.62. The second-order valence-electron chi connectivity index (χ2n) is 6.32. The van der Waals surface area contributed by atoms with Gasteiger partial charge in [0.15, 0.2) is 0 Å². The van der Waals surface area contributed by atoms with E-state index in [1.54, 1.807) is 7.11 Å². The van der Waals surface area contributed by atoms with Crippen molar-refractivity contribution in [3.05, 3.63) is 29.8 Å². The van der Waals surface area contributed by atoms with E-state index in [4.69, 9.17) is 4.74 Å². The average Bonchev–Trinajstić information content (AvgIpc) is 2.44. The van der Waals surface area contributed by atoms with Crippen molar-refractivity contribution in [2.75, 3.05) is 7.11 Å². The smallest absolute Gasteiger partial charge is 0.231 e. The van der Waals surface area contributed by atoms with E-state index in [0.29, 0.717) is 0 Å². The third-order valence-corrected chi connectivity index (χ3v) is 4.24. The number of rotatable bonds is 5. The van der Waals surface area contributed by atoms with E-state index in [-0.39, 0.29) is 29.8 Å². The van der Waals surface area contributed by atoms with Gasteiger partial charge >= 0.3 is 0 Å². The molecule has 0 bridgehead atoms. The predicted octanol–water partition coefficient (Wildman–Crippen LogP) is 2.62. The van der Waals surface area contributed by atoms with Crippen LogP contribution in [0.25, 0.3) is 0 Å². The summed E-state index contributed by atoms with van der Waals surface area (Å²) in [6, 6.07) is 7.82. The maximum atomic E-state index is 12.4. The summed E-state index contributed by atoms with van der Waals surface area (Å²) in [7, 11) is 1.63. The lowest BCUT2D eigenvalue weighted by Gasteiger charge is -2.52. The quantitative estimate of drug-likeness (QED) is 0.848. The average molecular weight is 291 g/mol. The van der Waals surface area contributed by atoms with Gasteiger partial charge in [-0.3, -0.25) is 4.79 Å². The Labute approximate surface area is 126 Å². The molecule has 0 saturated carbocycles. The zero-order valence-electron chi connectivity index (χ0n) is 13.4. The number of hydrogen-bond acceptors (Lipinski definition) is 3. The first-order valence-electron chi connectivity index (χ1n) is 7.52. The summed E-state index contributed by atoms with van der Waals surface area (Å²) in [6.07, 6.45) is -0.611. The predicted molar refractivity (Wildman–Crippen MR) is 82.1 cm³/mol. The van der Waals surface area contributed by atoms with Gasteiger partial charge in [-0.15, -0.1) is 0 Å². The number of nitrogens with zero attached hydrogens (tertiary/aromatic N) is 1. The Morgan fingerprint density at radius 1 is 1.14 bits per heavy atom. The molecule has 4 nitrogen and oxygen atoms in total. The molecule has 1 aliphatic rings. The first kappa shape index (κ1) is 15.8. The van der Waals surface area contributed by atoms with Crippen LogP contribution in [0.2, 0.25) is 0 Å². The van der Waals surface area contributed by atoms with Crippen molar-refractivity contribution >= 4 is 5.91 Å². The van der Waals surface area contributed by atoms with Crippen LogP contribution in [0.4, 0.5) is 0 Å². The second kappa shape index (κ2) is 6.06. The van der Waals surface area contributed by atoms with Crippen LogP contribution in [0.1, 0.15) is 39.3 Å². The Balaban J connectivity index is 2.31. The number of carbonyl (C=O) groups excluding carboxylic acids is 1. The number of β-lactam (4-membered cyclic amide) rings is 1. The van der Waals surface area contributed by atoms with Crippen molar-refractivity contribution < 1.29 is 14.6 Å². The Morgan fingerprint density at radius 3 is 2.14 bits per heavy atom. The Morgan fingerprint density at radius 2 is 1.71 bits per heavy atom. The van der Waals surface area contributed by atoms with E-state index in [1.807, 2.05) is 56.9 Å². The molecule has 0 radical (unpaired) electrons. The van der Waals surface area contributed by atoms with Gasteiger partial charge in [-0.05, 0) is 37.5 Å². The highest BCUT2D eigenvalue weighted by molar-refractivity contribution is 5.87. The van der Waals surface area contributed by atoms with Crippen molar-refractivity contribution in [1.29, 1.82) is 0 Å². The van der Waals surface area contributed by atoms with Gasteiger partial charge in [0, 0.05) is 6.04 Å². The van der Waals surface area contributed by atoms with Gasteiger partial charge in [-0.1, -0.05) is 26.0 Å². The summed E-state index contributed by atoms with van der Waals surface area (Å²) < 4.78 is 5.18. The zero-order valence-corrected chi connectivity index (χ0v) is 13.4. The van der Waals surface area contributed by atoms with Gasteiger partial charge in [0.05, 0.1) is 25.2 Å². The van der Waals surface area contributed by atoms with Crippen LogP contribution in [-0.4, -0.2) is 35.2 Å². The van der Waals surface area contributed by atoms with Gasteiger partial charge in [-0.2, -0.15) is 0 Å². The Kier molecular flexibility index (Phi) is 4.57. The van der Waals surface area contributed by atoms with E-state index >= 15 is 0 Å². The SMILES string of the molecule is COc1ccc(C2[C@@H]([C@@H](O)C(C)C)C(=O)N2C(C)C)cc1. The maximum Gasteiger partial charge on any atom is 0.231 e. The highest BCUT2D eigenvalue weighted by Crippen LogP contribution is 2.45. The summed E-state index contributed by atoms with van der Waals surface area (Å²) in [6.45, 7) is 7.90. The molecule has 0 spiro atoms. The number of aliphatic hydroxyl groups excluding tert-OH is 1. The first-order chi connectivity index (χ1) is 9.88. The number of likely N-dealkylation sites (tertiary alicyclic amines) is 1. The molecule has 2 rings (SSSR count). The van der Waals surface area contributed by atoms with Crippen LogP contribution in [-0.2, 0) is 4.79 Å². The normalized spacial score (nSPS) is 23.4. The minimum absolute atomic E-state index is 0.0482. The molecular formula is C17H25NO3. The molecule has 4 heteroatoms. The van der Waals surface area contributed by atoms with Crippen molar-refractivity contribution in [2.45, 2.75) is 45.9 Å². The summed E-state index contributed by atoms with van der Waals surface area (Å²) in [5.41, 5.74) is 1.05. The fraction of sp³-hybridized carbons (Fsp3) is 0.588. The van der Waals surface area contributed by atoms with Gasteiger partial charge in [-0.25, -0.2) is 0 Å². The molecule has 1 unspecified atom stereocenters. The number of methoxy groups -OCH3 is 1. The molecular weight excluding hydrogens is 266 g/mol. The minimum Gasteiger partial charge on any atom is -0.497 e. The Bertz CT molecular complexity index is 495. The number of carbonyl (C=O) groups is 1. The van der Waals surface area contributed by atoms with Gasteiger partial charge < -0.3 is 14.7 Å². The molecule has 1 N–H and O–H groups in total. The molecule has 21 heavy (non-hydrogen) atoms. The molecule has 1 heterocycles. The number of benzene rings is 1. The standard InChI is InChI=1S/C17H25NO3/c1-10(2)16(19)14-15(18(11(3)4)17(14)20)12-6-8-13(21-5)9-7-12/h6-11,14-16,19H,1-5H3/t14-,15?,16-/m0/s1. The van der Waals surface area contributed by atoms with Gasteiger partial charge in [0.1, 0.15) is 5.75 Å². The third-order valence-electron chi connectivity index (χ3n) is 4.24. The van der Waals surface area contributed by atoms with Gasteiger partial charge in [0.2, 0.25) is 5.91 Å². The molecule has 1 fully saturated rings. The molecule has 116 valence electrons. The van der Waals surface area contributed by atoms with Crippen molar-refractivity contribution in [3.8, 4) is 5.75 Å². The van der Waals surface area contributed by atoms with Crippen molar-refractivity contribution in [3.63, 3.8) is 0 Å². The van der Waals surface area contributed by atoms with Crippen molar-refractivity contribution in [1.82, 2.24) is 4.90 Å². The molecule has 1 saturated heterocycles. The fourth-order valence-corrected chi connectivity index (χ4v) is 3.03. The summed E-state index contributed by atoms with van der Waals surface area (Å²) in [5.74, 6) is 0.559. The largest absolute Gasteiger partial charge is 0.497 e. The van der Waals surface area contributed by atoms with Gasteiger partial charge in [0.25, 0.3) is 0 Å². The van der Waals surface area contributed by atoms with E-state index in [1.165, 1.54) is 0 Å². The van der Waals surface area contributed by atoms with Crippen LogP contribution < -0.4 is 4.74 Å². The Hall–Kier alpha value is -1.55. The van der Waals surface area contributed by atoms with E-state index in [0.717, 1.165) is 11.3 Å². The molecule has 1 amide bonds. The molecule has 0 aliphatic carbocycles. The van der Waals surface area contributed by atoms with E-state index < -0.39 is 6.10 Å². The highest BCUT2D eigenvalue weighted by atomic mass is 16.5. The molecule has 3 atom stereocenters. The second-order valence-corrected chi connectivity index (χ2v) is 6.32. The molecule has 0 aromatic heterocycles. The third kappa shape index (κ3) is 2.77. The lowest BCUT2D eigenvalue weighted by atomic mass is 9.75. The van der Waals surface area contributed by atoms with Crippen molar-refractivity contribution in [2.24, 2.45) is 11.8 Å². The minimum atomic E-state index is -0.611. The fourth-order valence-electron chi connectivity index (χ4n) is 3.03. The molecule has 1 aromatic carbocycles. The number of aliphatic hydroxyl groups is 1. The lowest BCUT2D eigenvalue weighted by molar-refractivity contribution is -0.172. The topological polar surface area (TPSA) is 49.8 Å². The monoisotopic (exact) mass is 291 g/mol. The number of hydrogen-bond donors (Lipinski definition) is 1. The first-order valence-corrected chi connectivity index (χ1v) is 7.52. The van der Waals surface area contributed by atoms with Crippen LogP contribution in [0.3, 0.4) is 0 Å². The highest BCUT2D eigenvalue weighted by Gasteiger charge is 2.52. The van der Waals surface area contributed by atoms with Crippen LogP contribution >= 0.6 is 0 Å².